The van der Waals surface area contributed by atoms with Gasteiger partial charge >= 0.3 is 0 Å². The van der Waals surface area contributed by atoms with Crippen LogP contribution in [0.5, 0.6) is 0 Å². The molecule has 0 aromatic heterocycles. The quantitative estimate of drug-likeness (QED) is 0.568. The molecule has 4 nitrogen and oxygen atoms in total. The number of aliphatic hydroxyl groups excluding tert-OH is 1. The molecule has 0 saturated heterocycles. The third-order valence-corrected chi connectivity index (χ3v) is 3.39. The number of nitrogens with two attached hydrogens (primary N) is 1. The summed E-state index contributed by atoms with van der Waals surface area (Å²) < 4.78 is 0. The van der Waals surface area contributed by atoms with E-state index in [9.17, 15) is 4.79 Å². The van der Waals surface area contributed by atoms with Crippen molar-refractivity contribution in [1.82, 2.24) is 5.32 Å². The molecule has 0 aliphatic rings. The van der Waals surface area contributed by atoms with Crippen LogP contribution in [0.1, 0.15) is 53.4 Å². The van der Waals surface area contributed by atoms with Crippen molar-refractivity contribution in [2.45, 2.75) is 53.4 Å². The van der Waals surface area contributed by atoms with E-state index in [0.717, 1.165) is 19.3 Å². The highest BCUT2D eigenvalue weighted by Gasteiger charge is 2.20. The van der Waals surface area contributed by atoms with Gasteiger partial charge in [-0.1, -0.05) is 27.7 Å². The van der Waals surface area contributed by atoms with E-state index in [1.54, 1.807) is 0 Å². The Balaban J connectivity index is 4.02. The monoisotopic (exact) mass is 272 g/mol. The third kappa shape index (κ3) is 9.91. The molecule has 1 unspecified atom stereocenters. The summed E-state index contributed by atoms with van der Waals surface area (Å²) in [5, 5.41) is 11.8. The Labute approximate surface area is 118 Å². The molecule has 19 heavy (non-hydrogen) atoms. The standard InChI is InChI=1S/C15H32N2O2/c1-12(2)8-13(10-16)9-14(19)17-11-15(3,4)6-5-7-18/h12-13,18H,5-11,16H2,1-4H3,(H,17,19). The lowest BCUT2D eigenvalue weighted by atomic mass is 9.87. The fourth-order valence-corrected chi connectivity index (χ4v) is 2.25. The lowest BCUT2D eigenvalue weighted by Gasteiger charge is -2.25. The van der Waals surface area contributed by atoms with Crippen LogP contribution < -0.4 is 11.1 Å². The van der Waals surface area contributed by atoms with Gasteiger partial charge in [0.25, 0.3) is 0 Å². The molecule has 0 saturated carbocycles. The van der Waals surface area contributed by atoms with Crippen LogP contribution in [0.4, 0.5) is 0 Å². The van der Waals surface area contributed by atoms with Crippen molar-refractivity contribution >= 4 is 5.91 Å². The maximum Gasteiger partial charge on any atom is 0.220 e. The first-order valence-corrected chi connectivity index (χ1v) is 7.38. The van der Waals surface area contributed by atoms with Crippen molar-refractivity contribution in [3.63, 3.8) is 0 Å². The summed E-state index contributed by atoms with van der Waals surface area (Å²) in [4.78, 5) is 11.9. The largest absolute Gasteiger partial charge is 0.396 e. The van der Waals surface area contributed by atoms with Crippen molar-refractivity contribution in [2.24, 2.45) is 23.0 Å². The van der Waals surface area contributed by atoms with Crippen molar-refractivity contribution < 1.29 is 9.90 Å². The molecule has 4 N–H and O–H groups in total. The van der Waals surface area contributed by atoms with E-state index in [-0.39, 0.29) is 23.8 Å². The van der Waals surface area contributed by atoms with Gasteiger partial charge in [-0.25, -0.2) is 0 Å². The average Bonchev–Trinajstić information content (AvgIpc) is 2.33. The Morgan fingerprint density at radius 3 is 2.47 bits per heavy atom. The number of hydrogen-bond acceptors (Lipinski definition) is 3. The van der Waals surface area contributed by atoms with Gasteiger partial charge in [0.15, 0.2) is 0 Å². The summed E-state index contributed by atoms with van der Waals surface area (Å²) in [6.45, 7) is 9.96. The van der Waals surface area contributed by atoms with Gasteiger partial charge in [-0.3, -0.25) is 4.79 Å². The summed E-state index contributed by atoms with van der Waals surface area (Å²) in [5.74, 6) is 0.941. The first kappa shape index (κ1) is 18.4. The van der Waals surface area contributed by atoms with Gasteiger partial charge in [-0.15, -0.1) is 0 Å². The van der Waals surface area contributed by atoms with Crippen LogP contribution in [0, 0.1) is 17.3 Å². The second-order valence-electron chi connectivity index (χ2n) is 6.70. The second kappa shape index (κ2) is 9.32. The summed E-state index contributed by atoms with van der Waals surface area (Å²) in [5.41, 5.74) is 5.75. The van der Waals surface area contributed by atoms with Gasteiger partial charge in [-0.05, 0) is 43.1 Å². The van der Waals surface area contributed by atoms with E-state index in [4.69, 9.17) is 10.8 Å². The molecular weight excluding hydrogens is 240 g/mol. The molecular formula is C15H32N2O2. The van der Waals surface area contributed by atoms with Gasteiger partial charge in [-0.2, -0.15) is 0 Å². The SMILES string of the molecule is CC(C)CC(CN)CC(=O)NCC(C)(C)CCCO. The second-order valence-corrected chi connectivity index (χ2v) is 6.70. The molecule has 1 atom stereocenters. The van der Waals surface area contributed by atoms with Crippen molar-refractivity contribution in [3.05, 3.63) is 0 Å². The molecule has 0 aromatic carbocycles. The molecule has 0 aliphatic carbocycles. The zero-order valence-corrected chi connectivity index (χ0v) is 13.0. The molecule has 0 radical (unpaired) electrons. The van der Waals surface area contributed by atoms with Gasteiger partial charge in [0.05, 0.1) is 0 Å². The summed E-state index contributed by atoms with van der Waals surface area (Å²) in [6.07, 6.45) is 3.21. The molecule has 1 amide bonds. The van der Waals surface area contributed by atoms with Crippen LogP contribution in [-0.4, -0.2) is 30.7 Å². The van der Waals surface area contributed by atoms with Gasteiger partial charge in [0, 0.05) is 19.6 Å². The Hall–Kier alpha value is -0.610. The van der Waals surface area contributed by atoms with Crippen LogP contribution in [0.2, 0.25) is 0 Å². The Kier molecular flexibility index (Phi) is 9.02. The highest BCUT2D eigenvalue weighted by atomic mass is 16.2. The first-order valence-electron chi connectivity index (χ1n) is 7.38. The third-order valence-electron chi connectivity index (χ3n) is 3.39. The number of nitrogens with one attached hydrogen (secondary N) is 1. The van der Waals surface area contributed by atoms with E-state index < -0.39 is 0 Å². The first-order chi connectivity index (χ1) is 8.80. The van der Waals surface area contributed by atoms with Gasteiger partial charge < -0.3 is 16.2 Å². The predicted octanol–water partition coefficient (Wildman–Crippen LogP) is 1.91. The molecule has 0 rings (SSSR count). The predicted molar refractivity (Wildman–Crippen MR) is 79.7 cm³/mol. The highest BCUT2D eigenvalue weighted by Crippen LogP contribution is 2.21. The molecule has 0 fully saturated rings. The number of hydrogen-bond donors (Lipinski definition) is 3. The van der Waals surface area contributed by atoms with Crippen LogP contribution in [0.3, 0.4) is 0 Å². The van der Waals surface area contributed by atoms with Gasteiger partial charge in [0.1, 0.15) is 0 Å². The van der Waals surface area contributed by atoms with Crippen LogP contribution in [0.15, 0.2) is 0 Å². The van der Waals surface area contributed by atoms with E-state index in [1.165, 1.54) is 0 Å². The van der Waals surface area contributed by atoms with E-state index in [2.05, 4.69) is 33.0 Å². The molecule has 0 heterocycles. The number of amides is 1. The number of carbonyl (C=O) groups excluding carboxylic acids is 1. The Bertz CT molecular complexity index is 253. The minimum absolute atomic E-state index is 0.0364. The van der Waals surface area contributed by atoms with Gasteiger partial charge in [0.2, 0.25) is 5.91 Å². The van der Waals surface area contributed by atoms with Crippen molar-refractivity contribution in [3.8, 4) is 0 Å². The molecule has 0 aliphatic heterocycles. The Morgan fingerprint density at radius 1 is 1.37 bits per heavy atom. The van der Waals surface area contributed by atoms with Crippen LogP contribution in [0.25, 0.3) is 0 Å². The highest BCUT2D eigenvalue weighted by molar-refractivity contribution is 5.76. The number of rotatable bonds is 10. The van der Waals surface area contributed by atoms with Crippen LogP contribution >= 0.6 is 0 Å². The summed E-state index contributed by atoms with van der Waals surface area (Å²) in [7, 11) is 0. The fourth-order valence-electron chi connectivity index (χ4n) is 2.25. The minimum Gasteiger partial charge on any atom is -0.396 e. The number of aliphatic hydroxyl groups is 1. The molecule has 0 spiro atoms. The van der Waals surface area contributed by atoms with E-state index in [1.807, 2.05) is 0 Å². The zero-order chi connectivity index (χ0) is 14.9. The van der Waals surface area contributed by atoms with Crippen molar-refractivity contribution in [2.75, 3.05) is 19.7 Å². The lowest BCUT2D eigenvalue weighted by Crippen LogP contribution is -2.36. The fraction of sp³-hybridized carbons (Fsp3) is 0.933. The summed E-state index contributed by atoms with van der Waals surface area (Å²) >= 11 is 0. The maximum atomic E-state index is 11.9. The molecule has 114 valence electrons. The van der Waals surface area contributed by atoms with E-state index >= 15 is 0 Å². The zero-order valence-electron chi connectivity index (χ0n) is 13.0. The summed E-state index contributed by atoms with van der Waals surface area (Å²) in [6, 6.07) is 0. The minimum atomic E-state index is 0.0364. The normalized spacial score (nSPS) is 13.6. The molecule has 0 aromatic rings. The number of carbonyl (C=O) groups is 1. The smallest absolute Gasteiger partial charge is 0.220 e. The van der Waals surface area contributed by atoms with E-state index in [0.29, 0.717) is 25.4 Å². The van der Waals surface area contributed by atoms with Crippen molar-refractivity contribution in [1.29, 1.82) is 0 Å². The molecule has 4 heteroatoms. The maximum absolute atomic E-state index is 11.9. The van der Waals surface area contributed by atoms with Crippen LogP contribution in [-0.2, 0) is 4.79 Å². The molecule has 0 bridgehead atoms. The average molecular weight is 272 g/mol. The lowest BCUT2D eigenvalue weighted by molar-refractivity contribution is -0.122. The topological polar surface area (TPSA) is 75.4 Å². The Morgan fingerprint density at radius 2 is 2.00 bits per heavy atom.